The van der Waals surface area contributed by atoms with Crippen molar-refractivity contribution in [3.05, 3.63) is 48.0 Å². The summed E-state index contributed by atoms with van der Waals surface area (Å²) in [4.78, 5) is 16.3. The second-order valence-electron chi connectivity index (χ2n) is 9.15. The normalized spacial score (nSPS) is 21.4. The number of anilines is 2. The number of ketones is 1. The fraction of sp³-hybridized carbons (Fsp3) is 0.480. The van der Waals surface area contributed by atoms with Crippen molar-refractivity contribution in [3.8, 4) is 11.5 Å². The highest BCUT2D eigenvalue weighted by Crippen LogP contribution is 2.41. The average Bonchev–Trinajstić information content (AvgIpc) is 2.88. The zero-order chi connectivity index (χ0) is 25.5. The molecule has 0 amide bonds. The topological polar surface area (TPSA) is 54.0 Å². The standard InChI is InChI=1S/C25H26F5N3O3/c26-24(27,25(28,29)30)23(34)21(18-9-8-16-4-1-2-5-17(16)31-18)33-12-10-32(11-13-33)19-6-3-7-20-22(19)36-15-14-35-20/h1-7,18,21,31H,8-15H2. The van der Waals surface area contributed by atoms with Crippen LogP contribution in [-0.4, -0.2) is 74.3 Å². The molecule has 2 unspecified atom stereocenters. The van der Waals surface area contributed by atoms with Gasteiger partial charge in [-0.2, -0.15) is 22.0 Å². The minimum Gasteiger partial charge on any atom is -0.486 e. The highest BCUT2D eigenvalue weighted by molar-refractivity contribution is 5.92. The number of nitrogens with zero attached hydrogens (tertiary/aromatic N) is 2. The molecule has 194 valence electrons. The molecule has 2 aromatic carbocycles. The van der Waals surface area contributed by atoms with E-state index in [0.29, 0.717) is 49.9 Å². The quantitative estimate of drug-likeness (QED) is 0.610. The van der Waals surface area contributed by atoms with Gasteiger partial charge in [0.05, 0.1) is 11.7 Å². The van der Waals surface area contributed by atoms with Gasteiger partial charge in [-0.05, 0) is 36.6 Å². The number of ether oxygens (including phenoxy) is 2. The van der Waals surface area contributed by atoms with Crippen LogP contribution in [0.4, 0.5) is 33.3 Å². The van der Waals surface area contributed by atoms with Crippen LogP contribution in [0.1, 0.15) is 12.0 Å². The highest BCUT2D eigenvalue weighted by Gasteiger charge is 2.65. The maximum atomic E-state index is 14.3. The Morgan fingerprint density at radius 1 is 0.944 bits per heavy atom. The van der Waals surface area contributed by atoms with Gasteiger partial charge in [-0.15, -0.1) is 0 Å². The van der Waals surface area contributed by atoms with E-state index in [1.807, 2.05) is 29.2 Å². The largest absolute Gasteiger partial charge is 0.486 e. The fourth-order valence-electron chi connectivity index (χ4n) is 5.18. The molecule has 0 aliphatic carbocycles. The summed E-state index contributed by atoms with van der Waals surface area (Å²) in [5, 5.41) is 3.07. The SMILES string of the molecule is O=C(C(C1CCc2ccccc2N1)N1CCN(c2cccc3c2OCCO3)CC1)C(F)(F)C(F)(F)F. The van der Waals surface area contributed by atoms with Gasteiger partial charge in [-0.3, -0.25) is 9.69 Å². The molecule has 1 saturated heterocycles. The summed E-state index contributed by atoms with van der Waals surface area (Å²) in [6, 6.07) is 10.1. The molecule has 6 nitrogen and oxygen atoms in total. The van der Waals surface area contributed by atoms with Crippen molar-refractivity contribution < 1.29 is 36.2 Å². The summed E-state index contributed by atoms with van der Waals surface area (Å²) in [5.74, 6) is -6.38. The third kappa shape index (κ3) is 4.44. The molecule has 36 heavy (non-hydrogen) atoms. The van der Waals surface area contributed by atoms with E-state index >= 15 is 0 Å². The van der Waals surface area contributed by atoms with E-state index in [-0.39, 0.29) is 19.5 Å². The zero-order valence-corrected chi connectivity index (χ0v) is 19.4. The first-order valence-electron chi connectivity index (χ1n) is 11.9. The Hall–Kier alpha value is -3.08. The molecule has 3 heterocycles. The van der Waals surface area contributed by atoms with Crippen LogP contribution < -0.4 is 19.7 Å². The number of halogens is 5. The number of piperazine rings is 1. The number of benzene rings is 2. The second kappa shape index (κ2) is 9.42. The number of hydrogen-bond donors (Lipinski definition) is 1. The van der Waals surface area contributed by atoms with Crippen LogP contribution in [0.5, 0.6) is 11.5 Å². The van der Waals surface area contributed by atoms with Gasteiger partial charge >= 0.3 is 12.1 Å². The lowest BCUT2D eigenvalue weighted by molar-refractivity contribution is -0.270. The monoisotopic (exact) mass is 511 g/mol. The third-order valence-corrected chi connectivity index (χ3v) is 6.99. The van der Waals surface area contributed by atoms with Crippen LogP contribution in [0, 0.1) is 0 Å². The first kappa shape index (κ1) is 24.6. The summed E-state index contributed by atoms with van der Waals surface area (Å²) in [6.45, 7) is 1.74. The molecule has 1 fully saturated rings. The molecule has 3 aliphatic rings. The van der Waals surface area contributed by atoms with Gasteiger partial charge in [-0.1, -0.05) is 24.3 Å². The van der Waals surface area contributed by atoms with Crippen molar-refractivity contribution in [3.63, 3.8) is 0 Å². The van der Waals surface area contributed by atoms with E-state index in [4.69, 9.17) is 9.47 Å². The first-order valence-corrected chi connectivity index (χ1v) is 11.9. The van der Waals surface area contributed by atoms with Crippen molar-refractivity contribution in [1.82, 2.24) is 4.90 Å². The van der Waals surface area contributed by atoms with Crippen molar-refractivity contribution in [1.29, 1.82) is 0 Å². The summed E-state index contributed by atoms with van der Waals surface area (Å²) in [7, 11) is 0. The van der Waals surface area contributed by atoms with Gasteiger partial charge in [0.15, 0.2) is 11.5 Å². The fourth-order valence-corrected chi connectivity index (χ4v) is 5.18. The van der Waals surface area contributed by atoms with Gasteiger partial charge in [-0.25, -0.2) is 0 Å². The van der Waals surface area contributed by atoms with Crippen LogP contribution in [-0.2, 0) is 11.2 Å². The molecule has 0 radical (unpaired) electrons. The molecular formula is C25H26F5N3O3. The molecule has 0 spiro atoms. The van der Waals surface area contributed by atoms with Crippen molar-refractivity contribution in [2.24, 2.45) is 0 Å². The van der Waals surface area contributed by atoms with Crippen LogP contribution in [0.25, 0.3) is 0 Å². The molecule has 1 N–H and O–H groups in total. The Balaban J connectivity index is 1.39. The number of nitrogens with one attached hydrogen (secondary N) is 1. The lowest BCUT2D eigenvalue weighted by atomic mass is 9.88. The highest BCUT2D eigenvalue weighted by atomic mass is 19.4. The number of fused-ring (bicyclic) bond motifs is 2. The summed E-state index contributed by atoms with van der Waals surface area (Å²) in [5.41, 5.74) is 2.34. The number of carbonyl (C=O) groups excluding carboxylic acids is 1. The Bertz CT molecular complexity index is 1120. The van der Waals surface area contributed by atoms with E-state index in [1.54, 1.807) is 18.2 Å². The van der Waals surface area contributed by atoms with Crippen molar-refractivity contribution in [2.45, 2.75) is 37.0 Å². The van der Waals surface area contributed by atoms with E-state index in [1.165, 1.54) is 4.90 Å². The lowest BCUT2D eigenvalue weighted by Gasteiger charge is -2.44. The molecule has 3 aliphatic heterocycles. The molecule has 2 atom stereocenters. The van der Waals surface area contributed by atoms with E-state index < -0.39 is 30.0 Å². The zero-order valence-electron chi connectivity index (χ0n) is 19.4. The Labute approximate surface area is 205 Å². The Morgan fingerprint density at radius 3 is 2.42 bits per heavy atom. The molecule has 0 saturated carbocycles. The van der Waals surface area contributed by atoms with Crippen molar-refractivity contribution >= 4 is 17.2 Å². The Morgan fingerprint density at radius 2 is 1.67 bits per heavy atom. The van der Waals surface area contributed by atoms with Gasteiger partial charge in [0.2, 0.25) is 5.78 Å². The molecule has 2 aromatic rings. The number of hydrogen-bond acceptors (Lipinski definition) is 6. The predicted octanol–water partition coefficient (Wildman–Crippen LogP) is 4.14. The number of aryl methyl sites for hydroxylation is 1. The van der Waals surface area contributed by atoms with Gasteiger partial charge in [0.1, 0.15) is 13.2 Å². The van der Waals surface area contributed by atoms with Crippen LogP contribution >= 0.6 is 0 Å². The summed E-state index contributed by atoms with van der Waals surface area (Å²) in [6.07, 6.45) is -5.22. The van der Waals surface area contributed by atoms with Crippen LogP contribution in [0.3, 0.4) is 0 Å². The van der Waals surface area contributed by atoms with E-state index in [9.17, 15) is 26.7 Å². The van der Waals surface area contributed by atoms with Crippen LogP contribution in [0.2, 0.25) is 0 Å². The Kier molecular flexibility index (Phi) is 6.44. The second-order valence-corrected chi connectivity index (χ2v) is 9.15. The lowest BCUT2D eigenvalue weighted by Crippen LogP contribution is -2.63. The van der Waals surface area contributed by atoms with Crippen LogP contribution in [0.15, 0.2) is 42.5 Å². The maximum Gasteiger partial charge on any atom is 0.461 e. The molecule has 0 aromatic heterocycles. The average molecular weight is 511 g/mol. The number of Topliss-reactive ketones (excluding diaryl/α,β-unsaturated/α-hetero) is 1. The maximum absolute atomic E-state index is 14.3. The minimum absolute atomic E-state index is 0.134. The summed E-state index contributed by atoms with van der Waals surface area (Å²) < 4.78 is 79.7. The molecular weight excluding hydrogens is 485 g/mol. The first-order chi connectivity index (χ1) is 17.2. The molecule has 0 bridgehead atoms. The minimum atomic E-state index is -5.96. The third-order valence-electron chi connectivity index (χ3n) is 6.99. The van der Waals surface area contributed by atoms with Crippen molar-refractivity contribution in [2.75, 3.05) is 49.6 Å². The van der Waals surface area contributed by atoms with E-state index in [2.05, 4.69) is 5.32 Å². The summed E-state index contributed by atoms with van der Waals surface area (Å²) >= 11 is 0. The number of carbonyl (C=O) groups is 1. The smallest absolute Gasteiger partial charge is 0.461 e. The number of alkyl halides is 5. The van der Waals surface area contributed by atoms with Gasteiger partial charge < -0.3 is 19.7 Å². The van der Waals surface area contributed by atoms with Gasteiger partial charge in [0.25, 0.3) is 0 Å². The van der Waals surface area contributed by atoms with E-state index in [0.717, 1.165) is 11.3 Å². The number of para-hydroxylation sites is 2. The van der Waals surface area contributed by atoms with Gasteiger partial charge in [0, 0.05) is 37.9 Å². The molecule has 11 heteroatoms. The molecule has 5 rings (SSSR count). The predicted molar refractivity (Wildman–Crippen MR) is 123 cm³/mol. The number of rotatable bonds is 5.